The molecule has 1 aliphatic heterocycles. The smallest absolute Gasteiger partial charge is 0.289 e. The lowest BCUT2D eigenvalue weighted by atomic mass is 9.84. The quantitative estimate of drug-likeness (QED) is 0.606. The molecule has 1 fully saturated rings. The van der Waals surface area contributed by atoms with Crippen molar-refractivity contribution in [3.63, 3.8) is 0 Å². The van der Waals surface area contributed by atoms with Gasteiger partial charge in [-0.3, -0.25) is 9.78 Å². The summed E-state index contributed by atoms with van der Waals surface area (Å²) in [6.45, 7) is 7.86. The van der Waals surface area contributed by atoms with Gasteiger partial charge in [0.05, 0.1) is 5.60 Å². The normalized spacial score (nSPS) is 16.5. The van der Waals surface area contributed by atoms with Crippen molar-refractivity contribution in [2.75, 3.05) is 33.2 Å². The number of fused-ring (bicyclic) bond motifs is 1. The molecule has 0 atom stereocenters. The summed E-state index contributed by atoms with van der Waals surface area (Å²) in [4.78, 5) is 21.3. The molecule has 3 aromatic rings. The number of furan rings is 1. The number of carbonyl (C=O) groups is 1. The number of carbonyl (C=O) groups excluding carboxylic acids is 1. The first-order valence-corrected chi connectivity index (χ1v) is 11.5. The van der Waals surface area contributed by atoms with Crippen molar-refractivity contribution in [1.29, 1.82) is 0 Å². The molecule has 1 saturated heterocycles. The van der Waals surface area contributed by atoms with Crippen LogP contribution in [0.3, 0.4) is 0 Å². The van der Waals surface area contributed by atoms with Gasteiger partial charge in [0.2, 0.25) is 0 Å². The molecule has 3 heterocycles. The van der Waals surface area contributed by atoms with E-state index in [-0.39, 0.29) is 5.91 Å². The maximum atomic E-state index is 12.9. The van der Waals surface area contributed by atoms with Gasteiger partial charge in [0.15, 0.2) is 5.76 Å². The maximum Gasteiger partial charge on any atom is 0.289 e. The van der Waals surface area contributed by atoms with Gasteiger partial charge in [-0.05, 0) is 54.7 Å². The second-order valence-corrected chi connectivity index (χ2v) is 9.39. The minimum atomic E-state index is -0.831. The van der Waals surface area contributed by atoms with Gasteiger partial charge in [-0.15, -0.1) is 0 Å². The lowest BCUT2D eigenvalue weighted by Gasteiger charge is -2.39. The Morgan fingerprint density at radius 2 is 2.00 bits per heavy atom. The van der Waals surface area contributed by atoms with Crippen molar-refractivity contribution >= 4 is 16.9 Å². The van der Waals surface area contributed by atoms with Gasteiger partial charge >= 0.3 is 0 Å². The zero-order valence-electron chi connectivity index (χ0n) is 19.3. The molecule has 4 rings (SSSR count). The van der Waals surface area contributed by atoms with E-state index >= 15 is 0 Å². The topological polar surface area (TPSA) is 69.8 Å². The summed E-state index contributed by atoms with van der Waals surface area (Å²) < 4.78 is 5.84. The molecule has 170 valence electrons. The molecule has 0 bridgehead atoms. The average molecular weight is 436 g/mol. The molecule has 6 heteroatoms. The van der Waals surface area contributed by atoms with Crippen LogP contribution in [0.1, 0.15) is 48.5 Å². The molecule has 0 spiro atoms. The summed E-state index contributed by atoms with van der Waals surface area (Å²) in [5.41, 5.74) is 1.69. The van der Waals surface area contributed by atoms with Gasteiger partial charge in [-0.1, -0.05) is 26.0 Å². The monoisotopic (exact) mass is 435 g/mol. The van der Waals surface area contributed by atoms with E-state index in [1.165, 1.54) is 0 Å². The first-order chi connectivity index (χ1) is 15.3. The molecule has 1 aromatic carbocycles. The molecule has 1 aliphatic rings. The highest BCUT2D eigenvalue weighted by atomic mass is 16.3. The van der Waals surface area contributed by atoms with Crippen LogP contribution in [0.15, 0.2) is 53.1 Å². The van der Waals surface area contributed by atoms with Gasteiger partial charge < -0.3 is 19.3 Å². The largest absolute Gasteiger partial charge is 0.451 e. The van der Waals surface area contributed by atoms with Crippen molar-refractivity contribution < 1.29 is 14.3 Å². The molecular weight excluding hydrogens is 402 g/mol. The number of likely N-dealkylation sites (N-methyl/N-ethyl adjacent to an activating group) is 1. The standard InChI is InChI=1S/C26H33N3O3/c1-19(2)18-29-14-10-26(31,11-15-29)21-7-8-23-20(16-21)17-24(32-23)25(30)28(3)13-9-22-6-4-5-12-27-22/h4-8,12,16-17,19,31H,9-11,13-15,18H2,1-3H3. The number of benzene rings is 1. The van der Waals surface area contributed by atoms with E-state index in [0.717, 1.165) is 36.3 Å². The molecule has 0 unspecified atom stereocenters. The number of aliphatic hydroxyl groups is 1. The van der Waals surface area contributed by atoms with E-state index in [1.54, 1.807) is 24.2 Å². The Morgan fingerprint density at radius 1 is 1.22 bits per heavy atom. The average Bonchev–Trinajstić information content (AvgIpc) is 3.22. The van der Waals surface area contributed by atoms with Crippen LogP contribution in [0.5, 0.6) is 0 Å². The SMILES string of the molecule is CC(C)CN1CCC(O)(c2ccc3oc(C(=O)N(C)CCc4ccccn4)cc3c2)CC1. The highest BCUT2D eigenvalue weighted by molar-refractivity contribution is 5.96. The predicted octanol–water partition coefficient (Wildman–Crippen LogP) is 4.08. The second-order valence-electron chi connectivity index (χ2n) is 9.39. The number of piperidine rings is 1. The number of rotatable bonds is 7. The van der Waals surface area contributed by atoms with Gasteiger partial charge in [-0.2, -0.15) is 0 Å². The number of pyridine rings is 1. The lowest BCUT2D eigenvalue weighted by molar-refractivity contribution is -0.0278. The van der Waals surface area contributed by atoms with E-state index in [4.69, 9.17) is 4.42 Å². The number of nitrogens with zero attached hydrogens (tertiary/aromatic N) is 3. The molecule has 0 radical (unpaired) electrons. The first-order valence-electron chi connectivity index (χ1n) is 11.5. The summed E-state index contributed by atoms with van der Waals surface area (Å²) >= 11 is 0. The minimum Gasteiger partial charge on any atom is -0.451 e. The third-order valence-electron chi connectivity index (χ3n) is 6.35. The van der Waals surface area contributed by atoms with E-state index in [0.29, 0.717) is 43.1 Å². The summed E-state index contributed by atoms with van der Waals surface area (Å²) in [6.07, 6.45) is 3.88. The Bertz CT molecular complexity index is 1050. The van der Waals surface area contributed by atoms with Crippen LogP contribution in [-0.2, 0) is 12.0 Å². The van der Waals surface area contributed by atoms with E-state index in [2.05, 4.69) is 23.7 Å². The molecule has 2 aromatic heterocycles. The third kappa shape index (κ3) is 5.03. The van der Waals surface area contributed by atoms with E-state index in [9.17, 15) is 9.90 Å². The maximum absolute atomic E-state index is 12.9. The number of likely N-dealkylation sites (tertiary alicyclic amines) is 1. The Balaban J connectivity index is 1.44. The summed E-state index contributed by atoms with van der Waals surface area (Å²) in [6, 6.07) is 13.3. The van der Waals surface area contributed by atoms with Crippen molar-refractivity contribution in [2.24, 2.45) is 5.92 Å². The van der Waals surface area contributed by atoms with Gasteiger partial charge in [0, 0.05) is 56.9 Å². The lowest BCUT2D eigenvalue weighted by Crippen LogP contribution is -2.43. The van der Waals surface area contributed by atoms with Crippen molar-refractivity contribution in [1.82, 2.24) is 14.8 Å². The first kappa shape index (κ1) is 22.5. The van der Waals surface area contributed by atoms with Crippen molar-refractivity contribution in [2.45, 2.75) is 38.7 Å². The highest BCUT2D eigenvalue weighted by Crippen LogP contribution is 2.35. The van der Waals surface area contributed by atoms with Crippen LogP contribution in [0, 0.1) is 5.92 Å². The fraction of sp³-hybridized carbons (Fsp3) is 0.462. The predicted molar refractivity (Wildman–Crippen MR) is 126 cm³/mol. The molecule has 32 heavy (non-hydrogen) atoms. The molecule has 6 nitrogen and oxygen atoms in total. The zero-order chi connectivity index (χ0) is 22.7. The summed E-state index contributed by atoms with van der Waals surface area (Å²) in [7, 11) is 1.78. The minimum absolute atomic E-state index is 0.153. The van der Waals surface area contributed by atoms with Gasteiger partial charge in [0.1, 0.15) is 5.58 Å². The van der Waals surface area contributed by atoms with Gasteiger partial charge in [0.25, 0.3) is 5.91 Å². The molecule has 1 amide bonds. The Morgan fingerprint density at radius 3 is 2.69 bits per heavy atom. The van der Waals surface area contributed by atoms with Crippen LogP contribution in [0.2, 0.25) is 0 Å². The Labute approximate surface area is 189 Å². The highest BCUT2D eigenvalue weighted by Gasteiger charge is 2.34. The number of amides is 1. The van der Waals surface area contributed by atoms with Crippen LogP contribution in [-0.4, -0.2) is 59.0 Å². The third-order valence-corrected chi connectivity index (χ3v) is 6.35. The van der Waals surface area contributed by atoms with E-state index in [1.807, 2.05) is 36.4 Å². The Hall–Kier alpha value is -2.70. The van der Waals surface area contributed by atoms with Crippen LogP contribution in [0.25, 0.3) is 11.0 Å². The van der Waals surface area contributed by atoms with Crippen molar-refractivity contribution in [3.05, 3.63) is 65.7 Å². The van der Waals surface area contributed by atoms with E-state index < -0.39 is 5.60 Å². The zero-order valence-corrected chi connectivity index (χ0v) is 19.3. The molecule has 0 saturated carbocycles. The molecular formula is C26H33N3O3. The van der Waals surface area contributed by atoms with Crippen LogP contribution < -0.4 is 0 Å². The fourth-order valence-corrected chi connectivity index (χ4v) is 4.47. The molecule has 0 aliphatic carbocycles. The molecule has 1 N–H and O–H groups in total. The van der Waals surface area contributed by atoms with Crippen molar-refractivity contribution in [3.8, 4) is 0 Å². The second kappa shape index (κ2) is 9.43. The fourth-order valence-electron chi connectivity index (χ4n) is 4.47. The van der Waals surface area contributed by atoms with Crippen LogP contribution in [0.4, 0.5) is 0 Å². The number of hydrogen-bond acceptors (Lipinski definition) is 5. The summed E-state index contributed by atoms with van der Waals surface area (Å²) in [5.74, 6) is 0.792. The number of aromatic nitrogens is 1. The summed E-state index contributed by atoms with van der Waals surface area (Å²) in [5, 5.41) is 12.1. The number of hydrogen-bond donors (Lipinski definition) is 1. The van der Waals surface area contributed by atoms with Crippen LogP contribution >= 0.6 is 0 Å². The van der Waals surface area contributed by atoms with Gasteiger partial charge in [-0.25, -0.2) is 0 Å². The Kier molecular flexibility index (Phi) is 6.63.